The fourth-order valence-corrected chi connectivity index (χ4v) is 6.33. The summed E-state index contributed by atoms with van der Waals surface area (Å²) in [6.07, 6.45) is -6.81. The van der Waals surface area contributed by atoms with Crippen molar-refractivity contribution in [3.8, 4) is 0 Å². The van der Waals surface area contributed by atoms with Gasteiger partial charge in [-0.15, -0.1) is 6.58 Å². The summed E-state index contributed by atoms with van der Waals surface area (Å²) in [7, 11) is 1.23. The first-order chi connectivity index (χ1) is 20.9. The lowest BCUT2D eigenvalue weighted by Crippen LogP contribution is -2.60. The Morgan fingerprint density at radius 2 is 1.73 bits per heavy atom. The van der Waals surface area contributed by atoms with Gasteiger partial charge >= 0.3 is 17.9 Å². The number of esters is 3. The maximum Gasteiger partial charge on any atom is 0.337 e. The quantitative estimate of drug-likeness (QED) is 0.111. The first-order valence-corrected chi connectivity index (χ1v) is 14.3. The van der Waals surface area contributed by atoms with Crippen LogP contribution in [0.5, 0.6) is 0 Å². The molecular formula is C29H40O15. The van der Waals surface area contributed by atoms with Crippen LogP contribution in [0.2, 0.25) is 0 Å². The second-order valence-electron chi connectivity index (χ2n) is 11.3. The van der Waals surface area contributed by atoms with E-state index >= 15 is 0 Å². The Morgan fingerprint density at radius 3 is 2.36 bits per heavy atom. The lowest BCUT2D eigenvalue weighted by Gasteiger charge is -2.43. The standard InChI is InChI=1S/C29H40O15/c1-5-14-15(6-7-39-13(3)31)17(11-41-28(14)44-29-24(34)23(33)22(32)20(9-30)43-29)26(36)42-19-8-16-18(25(35)38-4)10-40-27(37)21(16)12(19)2/h5,10-12,14-16,19-24,27-30,32-34,37H,1,6-9H2,2-4H3/t12-,14-,15-,16+,19-,20+,21+,22+,23-,24+,27+,28-,29-/m0/s1. The van der Waals surface area contributed by atoms with Gasteiger partial charge in [0.1, 0.15) is 30.5 Å². The van der Waals surface area contributed by atoms with E-state index < -0.39 is 103 Å². The minimum Gasteiger partial charge on any atom is -0.472 e. The minimum absolute atomic E-state index is 0.0679. The Bertz CT molecular complexity index is 1130. The van der Waals surface area contributed by atoms with Gasteiger partial charge in [-0.2, -0.15) is 0 Å². The molecule has 0 aromatic heterocycles. The van der Waals surface area contributed by atoms with Gasteiger partial charge < -0.3 is 58.7 Å². The highest BCUT2D eigenvalue weighted by molar-refractivity contribution is 5.90. The highest BCUT2D eigenvalue weighted by atomic mass is 16.8. The third-order valence-electron chi connectivity index (χ3n) is 8.75. The molecule has 0 amide bonds. The highest BCUT2D eigenvalue weighted by Crippen LogP contribution is 2.48. The van der Waals surface area contributed by atoms with Gasteiger partial charge in [-0.25, -0.2) is 9.59 Å². The fraction of sp³-hybridized carbons (Fsp3) is 0.690. The van der Waals surface area contributed by atoms with Crippen LogP contribution >= 0.6 is 0 Å². The number of hydrogen-bond acceptors (Lipinski definition) is 15. The van der Waals surface area contributed by atoms with Gasteiger partial charge in [0.15, 0.2) is 12.6 Å². The Kier molecular flexibility index (Phi) is 11.0. The summed E-state index contributed by atoms with van der Waals surface area (Å²) in [4.78, 5) is 37.4. The molecule has 44 heavy (non-hydrogen) atoms. The second-order valence-corrected chi connectivity index (χ2v) is 11.3. The predicted molar refractivity (Wildman–Crippen MR) is 144 cm³/mol. The lowest BCUT2D eigenvalue weighted by atomic mass is 9.81. The van der Waals surface area contributed by atoms with Crippen LogP contribution in [0.3, 0.4) is 0 Å². The van der Waals surface area contributed by atoms with Crippen LogP contribution in [-0.2, 0) is 47.5 Å². The summed E-state index contributed by atoms with van der Waals surface area (Å²) in [6.45, 7) is 6.09. The van der Waals surface area contributed by atoms with E-state index in [1.807, 2.05) is 0 Å². The molecule has 0 spiro atoms. The van der Waals surface area contributed by atoms with E-state index in [-0.39, 0.29) is 30.6 Å². The molecule has 1 saturated carbocycles. The topological polar surface area (TPSA) is 217 Å². The van der Waals surface area contributed by atoms with Gasteiger partial charge in [0.05, 0.1) is 44.0 Å². The smallest absolute Gasteiger partial charge is 0.337 e. The Labute approximate surface area is 253 Å². The lowest BCUT2D eigenvalue weighted by molar-refractivity contribution is -0.339. The zero-order valence-corrected chi connectivity index (χ0v) is 24.6. The van der Waals surface area contributed by atoms with Gasteiger partial charge in [0, 0.05) is 36.5 Å². The van der Waals surface area contributed by atoms with Crippen molar-refractivity contribution in [3.05, 3.63) is 36.3 Å². The first-order valence-electron chi connectivity index (χ1n) is 14.3. The van der Waals surface area contributed by atoms with Gasteiger partial charge in [-0.3, -0.25) is 4.79 Å². The monoisotopic (exact) mass is 628 g/mol. The number of ether oxygens (including phenoxy) is 7. The predicted octanol–water partition coefficient (Wildman–Crippen LogP) is -0.996. The average Bonchev–Trinajstić information content (AvgIpc) is 3.32. The van der Waals surface area contributed by atoms with Gasteiger partial charge in [-0.1, -0.05) is 13.0 Å². The number of rotatable bonds is 10. The Morgan fingerprint density at radius 1 is 1.02 bits per heavy atom. The van der Waals surface area contributed by atoms with Crippen LogP contribution in [0, 0.1) is 29.6 Å². The molecule has 0 unspecified atom stereocenters. The van der Waals surface area contributed by atoms with Crippen LogP contribution in [0.1, 0.15) is 26.7 Å². The molecule has 3 aliphatic heterocycles. The second kappa shape index (κ2) is 14.4. The molecule has 4 rings (SSSR count). The molecule has 0 bridgehead atoms. The number of methoxy groups -OCH3 is 1. The number of aliphatic hydroxyl groups is 5. The molecule has 0 aromatic rings. The fourth-order valence-electron chi connectivity index (χ4n) is 6.33. The van der Waals surface area contributed by atoms with Crippen molar-refractivity contribution < 1.29 is 73.1 Å². The number of hydrogen-bond donors (Lipinski definition) is 5. The van der Waals surface area contributed by atoms with Crippen LogP contribution in [0.25, 0.3) is 0 Å². The molecule has 0 radical (unpaired) electrons. The third kappa shape index (κ3) is 6.78. The molecule has 5 N–H and O–H groups in total. The number of carbonyl (C=O) groups is 3. The summed E-state index contributed by atoms with van der Waals surface area (Å²) in [5.41, 5.74) is 0.297. The van der Waals surface area contributed by atoms with Crippen molar-refractivity contribution in [2.24, 2.45) is 29.6 Å². The maximum atomic E-state index is 13.6. The SMILES string of the molecule is C=C[C@@H]1[C@H](O[C@@H]2O[C@H](CO)[C@@H](O)[C@H](O)[C@H]2O)OC=C(C(=O)O[C@H]2C[C@@H]3C(C(=O)OC)=CO[C@@H](O)[C@@H]3[C@H]2C)[C@H]1CCOC(C)=O. The van der Waals surface area contributed by atoms with Crippen LogP contribution < -0.4 is 0 Å². The average molecular weight is 629 g/mol. The molecule has 1 saturated heterocycles. The molecule has 0 aromatic carbocycles. The van der Waals surface area contributed by atoms with Crippen molar-refractivity contribution in [2.45, 2.75) is 76.1 Å². The van der Waals surface area contributed by atoms with E-state index in [1.165, 1.54) is 26.4 Å². The van der Waals surface area contributed by atoms with E-state index in [0.29, 0.717) is 0 Å². The molecule has 1 aliphatic carbocycles. The highest BCUT2D eigenvalue weighted by Gasteiger charge is 2.53. The zero-order chi connectivity index (χ0) is 32.3. The molecule has 2 fully saturated rings. The van der Waals surface area contributed by atoms with Crippen LogP contribution in [-0.4, -0.2) is 113 Å². The molecule has 4 aliphatic rings. The summed E-state index contributed by atoms with van der Waals surface area (Å²) < 4.78 is 38.1. The van der Waals surface area contributed by atoms with Crippen molar-refractivity contribution in [1.29, 1.82) is 0 Å². The molecule has 15 nitrogen and oxygen atoms in total. The number of carbonyl (C=O) groups excluding carboxylic acids is 3. The zero-order valence-electron chi connectivity index (χ0n) is 24.6. The van der Waals surface area contributed by atoms with E-state index in [4.69, 9.17) is 33.2 Å². The molecular weight excluding hydrogens is 588 g/mol. The van der Waals surface area contributed by atoms with E-state index in [9.17, 15) is 39.9 Å². The van der Waals surface area contributed by atoms with Crippen molar-refractivity contribution >= 4 is 17.9 Å². The first kappa shape index (κ1) is 33.8. The largest absolute Gasteiger partial charge is 0.472 e. The van der Waals surface area contributed by atoms with Gasteiger partial charge in [-0.05, 0) is 12.8 Å². The van der Waals surface area contributed by atoms with E-state index in [0.717, 1.165) is 6.26 Å². The maximum absolute atomic E-state index is 13.6. The molecule has 3 heterocycles. The Hall–Kier alpha value is -3.05. The van der Waals surface area contributed by atoms with Crippen molar-refractivity contribution in [3.63, 3.8) is 0 Å². The van der Waals surface area contributed by atoms with Crippen LogP contribution in [0.15, 0.2) is 36.3 Å². The number of aliphatic hydroxyl groups excluding tert-OH is 5. The van der Waals surface area contributed by atoms with Crippen molar-refractivity contribution in [2.75, 3.05) is 20.3 Å². The summed E-state index contributed by atoms with van der Waals surface area (Å²) in [5.74, 6) is -4.86. The minimum atomic E-state index is -1.70. The number of fused-ring (bicyclic) bond motifs is 1. The van der Waals surface area contributed by atoms with E-state index in [1.54, 1.807) is 6.92 Å². The third-order valence-corrected chi connectivity index (χ3v) is 8.75. The van der Waals surface area contributed by atoms with Crippen LogP contribution in [0.4, 0.5) is 0 Å². The molecule has 15 heteroatoms. The normalized spacial score (nSPS) is 39.9. The van der Waals surface area contributed by atoms with Gasteiger partial charge in [0.25, 0.3) is 0 Å². The van der Waals surface area contributed by atoms with Crippen molar-refractivity contribution in [1.82, 2.24) is 0 Å². The summed E-state index contributed by atoms with van der Waals surface area (Å²) in [5, 5.41) is 50.7. The van der Waals surface area contributed by atoms with E-state index in [2.05, 4.69) is 6.58 Å². The summed E-state index contributed by atoms with van der Waals surface area (Å²) >= 11 is 0. The molecule has 13 atom stereocenters. The summed E-state index contributed by atoms with van der Waals surface area (Å²) in [6, 6.07) is 0. The Balaban J connectivity index is 1.54. The van der Waals surface area contributed by atoms with Gasteiger partial charge in [0.2, 0.25) is 6.29 Å². The molecule has 246 valence electrons.